The largest absolute Gasteiger partial charge is 0.369 e. The van der Waals surface area contributed by atoms with Gasteiger partial charge in [0.05, 0.1) is 0 Å². The lowest BCUT2D eigenvalue weighted by Crippen LogP contribution is -2.63. The molecule has 0 spiro atoms. The molecular formula is C13H25N3O3. The Morgan fingerprint density at radius 3 is 2.68 bits per heavy atom. The maximum absolute atomic E-state index is 12.6. The van der Waals surface area contributed by atoms with E-state index in [4.69, 9.17) is 4.74 Å². The van der Waals surface area contributed by atoms with Crippen LogP contribution in [0.15, 0.2) is 0 Å². The second kappa shape index (κ2) is 6.86. The number of amides is 2. The first-order chi connectivity index (χ1) is 9.00. The van der Waals surface area contributed by atoms with E-state index < -0.39 is 11.6 Å². The van der Waals surface area contributed by atoms with Crippen LogP contribution in [0.25, 0.3) is 0 Å². The summed E-state index contributed by atoms with van der Waals surface area (Å²) in [5.74, 6) is -0.229. The third-order valence-corrected chi connectivity index (χ3v) is 3.74. The van der Waals surface area contributed by atoms with Crippen LogP contribution < -0.4 is 10.6 Å². The molecule has 0 aliphatic carbocycles. The topological polar surface area (TPSA) is 70.7 Å². The lowest BCUT2D eigenvalue weighted by atomic mass is 9.99. The normalized spacial score (nSPS) is 22.7. The minimum atomic E-state index is -0.859. The molecule has 0 saturated carbocycles. The van der Waals surface area contributed by atoms with E-state index in [1.54, 1.807) is 11.8 Å². The molecule has 19 heavy (non-hydrogen) atoms. The lowest BCUT2D eigenvalue weighted by Gasteiger charge is -2.40. The molecule has 0 radical (unpaired) electrons. The third-order valence-electron chi connectivity index (χ3n) is 3.74. The van der Waals surface area contributed by atoms with Gasteiger partial charge in [-0.05, 0) is 20.3 Å². The molecule has 0 aromatic rings. The fourth-order valence-corrected chi connectivity index (χ4v) is 2.16. The molecule has 1 aliphatic rings. The Morgan fingerprint density at radius 1 is 1.47 bits per heavy atom. The van der Waals surface area contributed by atoms with Crippen LogP contribution in [-0.4, -0.2) is 61.6 Å². The SMILES string of the molecule is CCNC(=O)C1CNCCN1C(=O)C(C)(CC)OC. The molecule has 6 heteroatoms. The predicted molar refractivity (Wildman–Crippen MR) is 72.8 cm³/mol. The molecule has 2 amide bonds. The fraction of sp³-hybridized carbons (Fsp3) is 0.846. The van der Waals surface area contributed by atoms with E-state index in [1.165, 1.54) is 7.11 Å². The Kier molecular flexibility index (Phi) is 5.75. The van der Waals surface area contributed by atoms with E-state index in [-0.39, 0.29) is 11.8 Å². The monoisotopic (exact) mass is 271 g/mol. The van der Waals surface area contributed by atoms with Crippen molar-refractivity contribution in [2.75, 3.05) is 33.3 Å². The number of ether oxygens (including phenoxy) is 1. The molecule has 1 aliphatic heterocycles. The molecule has 1 fully saturated rings. The van der Waals surface area contributed by atoms with Crippen LogP contribution in [0.5, 0.6) is 0 Å². The highest BCUT2D eigenvalue weighted by atomic mass is 16.5. The summed E-state index contributed by atoms with van der Waals surface area (Å²) in [7, 11) is 1.53. The smallest absolute Gasteiger partial charge is 0.255 e. The van der Waals surface area contributed by atoms with Gasteiger partial charge in [0.15, 0.2) is 0 Å². The van der Waals surface area contributed by atoms with Crippen LogP contribution in [0.4, 0.5) is 0 Å². The van der Waals surface area contributed by atoms with Gasteiger partial charge in [-0.15, -0.1) is 0 Å². The summed E-state index contributed by atoms with van der Waals surface area (Å²) in [5.41, 5.74) is -0.859. The molecule has 2 N–H and O–H groups in total. The standard InChI is InChI=1S/C13H25N3O3/c1-5-13(3,19-4)12(18)16-8-7-14-9-10(16)11(17)15-6-2/h10,14H,5-9H2,1-4H3,(H,15,17). The van der Waals surface area contributed by atoms with Crippen molar-refractivity contribution in [3.05, 3.63) is 0 Å². The fourth-order valence-electron chi connectivity index (χ4n) is 2.16. The molecule has 1 rings (SSSR count). The van der Waals surface area contributed by atoms with Crippen molar-refractivity contribution in [2.45, 2.75) is 38.8 Å². The summed E-state index contributed by atoms with van der Waals surface area (Å²) >= 11 is 0. The molecule has 110 valence electrons. The van der Waals surface area contributed by atoms with E-state index >= 15 is 0 Å². The third kappa shape index (κ3) is 3.45. The van der Waals surface area contributed by atoms with Gasteiger partial charge < -0.3 is 20.3 Å². The Balaban J connectivity index is 2.87. The van der Waals surface area contributed by atoms with Crippen LogP contribution in [0.3, 0.4) is 0 Å². The maximum atomic E-state index is 12.6. The van der Waals surface area contributed by atoms with Gasteiger partial charge in [-0.2, -0.15) is 0 Å². The zero-order chi connectivity index (χ0) is 14.5. The molecule has 1 heterocycles. The van der Waals surface area contributed by atoms with Gasteiger partial charge in [-0.25, -0.2) is 0 Å². The average Bonchev–Trinajstić information content (AvgIpc) is 2.45. The summed E-state index contributed by atoms with van der Waals surface area (Å²) < 4.78 is 5.35. The van der Waals surface area contributed by atoms with Gasteiger partial charge in [-0.3, -0.25) is 9.59 Å². The summed E-state index contributed by atoms with van der Waals surface area (Å²) in [6.45, 7) is 7.82. The minimum absolute atomic E-state index is 0.113. The Labute approximate surface area is 114 Å². The van der Waals surface area contributed by atoms with Crippen LogP contribution in [0, 0.1) is 0 Å². The number of hydrogen-bond acceptors (Lipinski definition) is 4. The lowest BCUT2D eigenvalue weighted by molar-refractivity contribution is -0.159. The van der Waals surface area contributed by atoms with Crippen molar-refractivity contribution in [3.63, 3.8) is 0 Å². The number of hydrogen-bond donors (Lipinski definition) is 2. The van der Waals surface area contributed by atoms with Gasteiger partial charge in [0.25, 0.3) is 5.91 Å². The van der Waals surface area contributed by atoms with Crippen LogP contribution >= 0.6 is 0 Å². The van der Waals surface area contributed by atoms with Gasteiger partial charge >= 0.3 is 0 Å². The van der Waals surface area contributed by atoms with Gasteiger partial charge in [0.2, 0.25) is 5.91 Å². The number of carbonyl (C=O) groups excluding carboxylic acids is 2. The molecule has 0 aromatic carbocycles. The van der Waals surface area contributed by atoms with Crippen molar-refractivity contribution >= 4 is 11.8 Å². The maximum Gasteiger partial charge on any atom is 0.255 e. The van der Waals surface area contributed by atoms with Crippen LogP contribution in [0.2, 0.25) is 0 Å². The molecule has 2 unspecified atom stereocenters. The van der Waals surface area contributed by atoms with Gasteiger partial charge in [-0.1, -0.05) is 6.92 Å². The van der Waals surface area contributed by atoms with Crippen molar-refractivity contribution in [3.8, 4) is 0 Å². The molecular weight excluding hydrogens is 246 g/mol. The van der Waals surface area contributed by atoms with Crippen molar-refractivity contribution in [2.24, 2.45) is 0 Å². The Hall–Kier alpha value is -1.14. The second-order valence-electron chi connectivity index (χ2n) is 4.90. The van der Waals surface area contributed by atoms with Gasteiger partial charge in [0, 0.05) is 33.3 Å². The first-order valence-electron chi connectivity index (χ1n) is 6.84. The van der Waals surface area contributed by atoms with E-state index in [0.717, 1.165) is 0 Å². The van der Waals surface area contributed by atoms with Crippen LogP contribution in [0.1, 0.15) is 27.2 Å². The first kappa shape index (κ1) is 15.9. The highest BCUT2D eigenvalue weighted by Gasteiger charge is 2.41. The molecule has 2 atom stereocenters. The molecule has 6 nitrogen and oxygen atoms in total. The Bertz CT molecular complexity index is 329. The number of piperazine rings is 1. The number of methoxy groups -OCH3 is 1. The number of carbonyl (C=O) groups is 2. The summed E-state index contributed by atoms with van der Waals surface area (Å²) in [6, 6.07) is -0.456. The zero-order valence-corrected chi connectivity index (χ0v) is 12.3. The minimum Gasteiger partial charge on any atom is -0.369 e. The predicted octanol–water partition coefficient (Wildman–Crippen LogP) is -0.262. The van der Waals surface area contributed by atoms with Gasteiger partial charge in [0.1, 0.15) is 11.6 Å². The highest BCUT2D eigenvalue weighted by Crippen LogP contribution is 2.20. The summed E-state index contributed by atoms with van der Waals surface area (Å²) in [5, 5.41) is 5.92. The van der Waals surface area contributed by atoms with Crippen molar-refractivity contribution in [1.29, 1.82) is 0 Å². The highest BCUT2D eigenvalue weighted by molar-refractivity contribution is 5.91. The van der Waals surface area contributed by atoms with Crippen molar-refractivity contribution in [1.82, 2.24) is 15.5 Å². The molecule has 0 bridgehead atoms. The first-order valence-corrected chi connectivity index (χ1v) is 6.84. The molecule has 0 aromatic heterocycles. The number of rotatable bonds is 5. The zero-order valence-electron chi connectivity index (χ0n) is 12.3. The van der Waals surface area contributed by atoms with E-state index in [2.05, 4.69) is 10.6 Å². The van der Waals surface area contributed by atoms with Crippen LogP contribution in [-0.2, 0) is 14.3 Å². The second-order valence-corrected chi connectivity index (χ2v) is 4.90. The summed E-state index contributed by atoms with van der Waals surface area (Å²) in [4.78, 5) is 26.3. The number of likely N-dealkylation sites (N-methyl/N-ethyl adjacent to an activating group) is 1. The van der Waals surface area contributed by atoms with E-state index in [9.17, 15) is 9.59 Å². The summed E-state index contributed by atoms with van der Waals surface area (Å²) in [6.07, 6.45) is 0.578. The van der Waals surface area contributed by atoms with Crippen molar-refractivity contribution < 1.29 is 14.3 Å². The average molecular weight is 271 g/mol. The van der Waals surface area contributed by atoms with E-state index in [0.29, 0.717) is 32.6 Å². The number of nitrogens with one attached hydrogen (secondary N) is 2. The quantitative estimate of drug-likeness (QED) is 0.722. The number of nitrogens with zero attached hydrogens (tertiary/aromatic N) is 1. The van der Waals surface area contributed by atoms with E-state index in [1.807, 2.05) is 13.8 Å². The Morgan fingerprint density at radius 2 is 2.16 bits per heavy atom. The molecule has 1 saturated heterocycles.